The third kappa shape index (κ3) is 7.08. The van der Waals surface area contributed by atoms with Crippen LogP contribution in [0.5, 0.6) is 17.2 Å². The zero-order chi connectivity index (χ0) is 17.7. The number of unbranched alkanes of at least 4 members (excludes halogenated alkanes) is 1. The maximum Gasteiger partial charge on any atom is 0.230 e. The van der Waals surface area contributed by atoms with E-state index in [9.17, 15) is 0 Å². The van der Waals surface area contributed by atoms with Crippen LogP contribution in [-0.4, -0.2) is 27.1 Å². The summed E-state index contributed by atoms with van der Waals surface area (Å²) in [5.41, 5.74) is 1.04. The van der Waals surface area contributed by atoms with E-state index in [1.54, 1.807) is 0 Å². The molecule has 0 atom stereocenters. The summed E-state index contributed by atoms with van der Waals surface area (Å²) in [5, 5.41) is 3.06. The molecule has 0 aliphatic heterocycles. The number of rotatable bonds is 12. The summed E-state index contributed by atoms with van der Waals surface area (Å²) in [7, 11) is 1.88. The van der Waals surface area contributed by atoms with Gasteiger partial charge in [0.1, 0.15) is 17.2 Å². The summed E-state index contributed by atoms with van der Waals surface area (Å²) >= 11 is 0. The topological polar surface area (TPSA) is 49.0 Å². The molecule has 5 nitrogen and oxygen atoms in total. The van der Waals surface area contributed by atoms with Crippen LogP contribution in [0, 0.1) is 0 Å². The van der Waals surface area contributed by atoms with Gasteiger partial charge < -0.3 is 24.3 Å². The Kier molecular flexibility index (Phi) is 8.05. The lowest BCUT2D eigenvalue weighted by molar-refractivity contribution is 0.120. The van der Waals surface area contributed by atoms with Crippen LogP contribution in [0.1, 0.15) is 12.8 Å². The smallest absolute Gasteiger partial charge is 0.230 e. The highest BCUT2D eigenvalue weighted by atomic mass is 16.7. The molecule has 2 rings (SSSR count). The van der Waals surface area contributed by atoms with Crippen molar-refractivity contribution in [3.05, 3.63) is 61.4 Å². The Morgan fingerprint density at radius 3 is 1.88 bits per heavy atom. The highest BCUT2D eigenvalue weighted by Crippen LogP contribution is 2.19. The molecule has 25 heavy (non-hydrogen) atoms. The molecule has 0 fully saturated rings. The minimum Gasteiger partial charge on any atom is -0.502 e. The van der Waals surface area contributed by atoms with Crippen LogP contribution >= 0.6 is 0 Å². The first kappa shape index (κ1) is 18.5. The van der Waals surface area contributed by atoms with Crippen LogP contribution in [0.15, 0.2) is 61.4 Å². The molecular weight excluding hydrogens is 318 g/mol. The van der Waals surface area contributed by atoms with Gasteiger partial charge in [0.2, 0.25) is 6.79 Å². The maximum atomic E-state index is 5.66. The van der Waals surface area contributed by atoms with Crippen molar-refractivity contribution in [2.24, 2.45) is 0 Å². The SMILES string of the molecule is C=COCCCCOc1ccc(OCOc2ccc(NC)cc2)cc1. The molecule has 0 bridgehead atoms. The standard InChI is InChI=1S/C20H25NO4/c1-3-22-14-4-5-15-23-18-10-12-20(13-11-18)25-16-24-19-8-6-17(21-2)7-9-19/h3,6-13,21H,1,4-5,14-16H2,2H3. The minimum atomic E-state index is 0.155. The Morgan fingerprint density at radius 1 is 0.800 bits per heavy atom. The number of benzene rings is 2. The molecule has 2 aromatic rings. The van der Waals surface area contributed by atoms with E-state index >= 15 is 0 Å². The number of hydrogen-bond acceptors (Lipinski definition) is 5. The lowest BCUT2D eigenvalue weighted by Crippen LogP contribution is -2.05. The third-order valence-electron chi connectivity index (χ3n) is 3.46. The summed E-state index contributed by atoms with van der Waals surface area (Å²) in [6.45, 7) is 5.00. The second-order valence-corrected chi connectivity index (χ2v) is 5.25. The van der Waals surface area contributed by atoms with Crippen LogP contribution in [-0.2, 0) is 4.74 Å². The number of nitrogens with one attached hydrogen (secondary N) is 1. The van der Waals surface area contributed by atoms with Crippen molar-refractivity contribution < 1.29 is 18.9 Å². The molecular formula is C20H25NO4. The monoisotopic (exact) mass is 343 g/mol. The first-order valence-electron chi connectivity index (χ1n) is 8.30. The predicted molar refractivity (Wildman–Crippen MR) is 99.4 cm³/mol. The van der Waals surface area contributed by atoms with Crippen LogP contribution in [0.3, 0.4) is 0 Å². The van der Waals surface area contributed by atoms with Gasteiger partial charge in [-0.15, -0.1) is 0 Å². The molecule has 134 valence electrons. The van der Waals surface area contributed by atoms with Crippen LogP contribution in [0.2, 0.25) is 0 Å². The fourth-order valence-corrected chi connectivity index (χ4v) is 2.08. The second kappa shape index (κ2) is 10.9. The van der Waals surface area contributed by atoms with Gasteiger partial charge in [0.05, 0.1) is 19.5 Å². The normalized spacial score (nSPS) is 9.96. The van der Waals surface area contributed by atoms with Crippen molar-refractivity contribution in [3.8, 4) is 17.2 Å². The Hall–Kier alpha value is -2.82. The number of ether oxygens (including phenoxy) is 4. The summed E-state index contributed by atoms with van der Waals surface area (Å²) < 4.78 is 21.8. The zero-order valence-electron chi connectivity index (χ0n) is 14.6. The molecule has 0 saturated heterocycles. The van der Waals surface area contributed by atoms with Gasteiger partial charge in [0, 0.05) is 12.7 Å². The van der Waals surface area contributed by atoms with Gasteiger partial charge in [-0.2, -0.15) is 0 Å². The highest BCUT2D eigenvalue weighted by Gasteiger charge is 1.98. The lowest BCUT2D eigenvalue weighted by atomic mass is 10.3. The predicted octanol–water partition coefficient (Wildman–Crippen LogP) is 4.46. The molecule has 2 aromatic carbocycles. The molecule has 0 radical (unpaired) electrons. The number of hydrogen-bond donors (Lipinski definition) is 1. The first-order valence-corrected chi connectivity index (χ1v) is 8.30. The fraction of sp³-hybridized carbons (Fsp3) is 0.300. The first-order chi connectivity index (χ1) is 12.3. The van der Waals surface area contributed by atoms with E-state index < -0.39 is 0 Å². The van der Waals surface area contributed by atoms with E-state index in [2.05, 4.69) is 11.9 Å². The summed E-state index contributed by atoms with van der Waals surface area (Å²) in [5.74, 6) is 2.32. The van der Waals surface area contributed by atoms with Crippen molar-refractivity contribution in [2.75, 3.05) is 32.4 Å². The largest absolute Gasteiger partial charge is 0.502 e. The van der Waals surface area contributed by atoms with Gasteiger partial charge in [-0.05, 0) is 61.4 Å². The van der Waals surface area contributed by atoms with Gasteiger partial charge in [-0.1, -0.05) is 6.58 Å². The van der Waals surface area contributed by atoms with Crippen molar-refractivity contribution in [1.29, 1.82) is 0 Å². The zero-order valence-corrected chi connectivity index (χ0v) is 14.6. The van der Waals surface area contributed by atoms with E-state index in [0.29, 0.717) is 13.2 Å². The number of anilines is 1. The van der Waals surface area contributed by atoms with E-state index in [4.69, 9.17) is 18.9 Å². The quantitative estimate of drug-likeness (QED) is 0.350. The maximum absolute atomic E-state index is 5.66. The molecule has 0 amide bonds. The van der Waals surface area contributed by atoms with E-state index in [-0.39, 0.29) is 6.79 Å². The van der Waals surface area contributed by atoms with Crippen molar-refractivity contribution in [3.63, 3.8) is 0 Å². The van der Waals surface area contributed by atoms with E-state index in [0.717, 1.165) is 35.8 Å². The van der Waals surface area contributed by atoms with Crippen molar-refractivity contribution >= 4 is 5.69 Å². The molecule has 5 heteroatoms. The average Bonchev–Trinajstić information content (AvgIpc) is 2.66. The molecule has 0 unspecified atom stereocenters. The molecule has 1 N–H and O–H groups in total. The van der Waals surface area contributed by atoms with E-state index in [1.165, 1.54) is 6.26 Å². The van der Waals surface area contributed by atoms with Gasteiger partial charge in [0.25, 0.3) is 0 Å². The van der Waals surface area contributed by atoms with Gasteiger partial charge >= 0.3 is 0 Å². The van der Waals surface area contributed by atoms with Crippen molar-refractivity contribution in [1.82, 2.24) is 0 Å². The van der Waals surface area contributed by atoms with Crippen molar-refractivity contribution in [2.45, 2.75) is 12.8 Å². The molecule has 0 spiro atoms. The van der Waals surface area contributed by atoms with E-state index in [1.807, 2.05) is 55.6 Å². The second-order valence-electron chi connectivity index (χ2n) is 5.25. The summed E-state index contributed by atoms with van der Waals surface area (Å²) in [6.07, 6.45) is 3.34. The molecule has 0 aliphatic rings. The van der Waals surface area contributed by atoms with Gasteiger partial charge in [-0.3, -0.25) is 0 Å². The van der Waals surface area contributed by atoms with Crippen LogP contribution < -0.4 is 19.5 Å². The summed E-state index contributed by atoms with van der Waals surface area (Å²) in [6, 6.07) is 15.2. The Labute approximate surface area is 149 Å². The fourth-order valence-electron chi connectivity index (χ4n) is 2.08. The average molecular weight is 343 g/mol. The molecule has 0 saturated carbocycles. The molecule has 0 aliphatic carbocycles. The van der Waals surface area contributed by atoms with Crippen LogP contribution in [0.4, 0.5) is 5.69 Å². The summed E-state index contributed by atoms with van der Waals surface area (Å²) in [4.78, 5) is 0. The Morgan fingerprint density at radius 2 is 1.32 bits per heavy atom. The van der Waals surface area contributed by atoms with Gasteiger partial charge in [0.15, 0.2) is 0 Å². The minimum absolute atomic E-state index is 0.155. The molecule has 0 aromatic heterocycles. The lowest BCUT2D eigenvalue weighted by Gasteiger charge is -2.10. The Balaban J connectivity index is 1.64. The Bertz CT molecular complexity index is 611. The molecule has 0 heterocycles. The highest BCUT2D eigenvalue weighted by molar-refractivity contribution is 5.45. The van der Waals surface area contributed by atoms with Crippen LogP contribution in [0.25, 0.3) is 0 Å². The van der Waals surface area contributed by atoms with Gasteiger partial charge in [-0.25, -0.2) is 0 Å². The third-order valence-corrected chi connectivity index (χ3v) is 3.46.